The highest BCUT2D eigenvalue weighted by molar-refractivity contribution is 5.53. The van der Waals surface area contributed by atoms with E-state index in [4.69, 9.17) is 4.74 Å². The molecule has 3 heterocycles. The van der Waals surface area contributed by atoms with Gasteiger partial charge >= 0.3 is 0 Å². The minimum Gasteiger partial charge on any atom is -0.381 e. The van der Waals surface area contributed by atoms with E-state index >= 15 is 0 Å². The number of benzene rings is 1. The van der Waals surface area contributed by atoms with E-state index in [-0.39, 0.29) is 5.82 Å². The van der Waals surface area contributed by atoms with Crippen LogP contribution in [0.3, 0.4) is 0 Å². The van der Waals surface area contributed by atoms with Crippen LogP contribution in [0.5, 0.6) is 0 Å². The molecule has 25 heavy (non-hydrogen) atoms. The van der Waals surface area contributed by atoms with Gasteiger partial charge in [0.2, 0.25) is 0 Å². The van der Waals surface area contributed by atoms with Gasteiger partial charge in [-0.3, -0.25) is 9.91 Å². The molecule has 3 aliphatic heterocycles. The molecule has 0 amide bonds. The minimum atomic E-state index is -0.145. The minimum absolute atomic E-state index is 0.145. The molecule has 0 N–H and O–H groups in total. The van der Waals surface area contributed by atoms with Gasteiger partial charge in [0.25, 0.3) is 0 Å². The van der Waals surface area contributed by atoms with E-state index in [1.807, 2.05) is 0 Å². The van der Waals surface area contributed by atoms with Crippen LogP contribution in [0.2, 0.25) is 0 Å². The van der Waals surface area contributed by atoms with Crippen LogP contribution in [0.15, 0.2) is 30.0 Å². The fraction of sp³-hybridized carbons (Fsp3) is 0.600. The standard InChI is InChI=1S/C20H28FN3O/c1-22-13-16(14-23-6-2-3-7-23)15-24(22)20-11-18(10-19(21)12-20)17-4-8-25-9-5-17/h10-12,15,17H,2-9,13-14H2,1H3. The fourth-order valence-corrected chi connectivity index (χ4v) is 4.27. The Labute approximate surface area is 149 Å². The van der Waals surface area contributed by atoms with Crippen molar-refractivity contribution in [1.82, 2.24) is 9.91 Å². The summed E-state index contributed by atoms with van der Waals surface area (Å²) in [7, 11) is 2.08. The lowest BCUT2D eigenvalue weighted by molar-refractivity contribution is 0.0853. The van der Waals surface area contributed by atoms with Crippen LogP contribution in [-0.2, 0) is 4.74 Å². The van der Waals surface area contributed by atoms with Gasteiger partial charge in [0.05, 0.1) is 5.69 Å². The molecule has 0 spiro atoms. The van der Waals surface area contributed by atoms with E-state index in [0.29, 0.717) is 5.92 Å². The summed E-state index contributed by atoms with van der Waals surface area (Å²) in [6.07, 6.45) is 6.78. The maximum atomic E-state index is 14.3. The predicted molar refractivity (Wildman–Crippen MR) is 98.1 cm³/mol. The van der Waals surface area contributed by atoms with E-state index in [1.165, 1.54) is 31.5 Å². The smallest absolute Gasteiger partial charge is 0.125 e. The number of anilines is 1. The maximum Gasteiger partial charge on any atom is 0.125 e. The number of likely N-dealkylation sites (N-methyl/N-ethyl adjacent to an activating group) is 1. The van der Waals surface area contributed by atoms with Gasteiger partial charge in [0, 0.05) is 39.6 Å². The van der Waals surface area contributed by atoms with Crippen molar-refractivity contribution in [1.29, 1.82) is 0 Å². The van der Waals surface area contributed by atoms with Gasteiger partial charge in [-0.2, -0.15) is 0 Å². The summed E-state index contributed by atoms with van der Waals surface area (Å²) in [6, 6.07) is 5.50. The summed E-state index contributed by atoms with van der Waals surface area (Å²) in [5, 5.41) is 4.28. The topological polar surface area (TPSA) is 19.0 Å². The third kappa shape index (κ3) is 3.89. The lowest BCUT2D eigenvalue weighted by atomic mass is 9.91. The summed E-state index contributed by atoms with van der Waals surface area (Å²) >= 11 is 0. The largest absolute Gasteiger partial charge is 0.381 e. The monoisotopic (exact) mass is 345 g/mol. The van der Waals surface area contributed by atoms with Gasteiger partial charge in [-0.05, 0) is 74.0 Å². The average molecular weight is 345 g/mol. The number of hydrogen-bond acceptors (Lipinski definition) is 4. The zero-order valence-electron chi connectivity index (χ0n) is 15.1. The van der Waals surface area contributed by atoms with E-state index < -0.39 is 0 Å². The molecule has 2 saturated heterocycles. The van der Waals surface area contributed by atoms with E-state index in [0.717, 1.165) is 50.4 Å². The predicted octanol–water partition coefficient (Wildman–Crippen LogP) is 3.37. The van der Waals surface area contributed by atoms with Crippen LogP contribution < -0.4 is 5.01 Å². The molecule has 0 aliphatic carbocycles. The van der Waals surface area contributed by atoms with Gasteiger partial charge in [-0.1, -0.05) is 0 Å². The van der Waals surface area contributed by atoms with Crippen LogP contribution >= 0.6 is 0 Å². The molecule has 4 rings (SSSR count). The summed E-state index contributed by atoms with van der Waals surface area (Å²) in [5.74, 6) is 0.262. The van der Waals surface area contributed by atoms with Crippen LogP contribution in [0, 0.1) is 5.82 Å². The maximum absolute atomic E-state index is 14.3. The number of nitrogens with zero attached hydrogens (tertiary/aromatic N) is 3. The van der Waals surface area contributed by atoms with E-state index in [1.54, 1.807) is 12.1 Å². The fourth-order valence-electron chi connectivity index (χ4n) is 4.27. The summed E-state index contributed by atoms with van der Waals surface area (Å²) in [5.41, 5.74) is 3.44. The van der Waals surface area contributed by atoms with Crippen molar-refractivity contribution >= 4 is 5.69 Å². The molecule has 0 unspecified atom stereocenters. The SMILES string of the molecule is CN1CC(CN2CCCC2)=CN1c1cc(F)cc(C2CCOCC2)c1. The number of hydrogen-bond donors (Lipinski definition) is 0. The zero-order chi connectivity index (χ0) is 17.2. The van der Waals surface area contributed by atoms with Gasteiger partial charge in [-0.15, -0.1) is 0 Å². The first-order chi connectivity index (χ1) is 12.2. The summed E-state index contributed by atoms with van der Waals surface area (Å²) in [4.78, 5) is 2.52. The van der Waals surface area contributed by atoms with E-state index in [9.17, 15) is 4.39 Å². The molecule has 4 nitrogen and oxygen atoms in total. The first-order valence-corrected chi connectivity index (χ1v) is 9.49. The second kappa shape index (κ2) is 7.44. The molecule has 1 aromatic carbocycles. The first kappa shape index (κ1) is 17.0. The second-order valence-corrected chi connectivity index (χ2v) is 7.56. The number of hydrazine groups is 1. The Bertz CT molecular complexity index is 636. The number of ether oxygens (including phenoxy) is 1. The third-order valence-corrected chi connectivity index (χ3v) is 5.59. The Kier molecular flexibility index (Phi) is 5.06. The van der Waals surface area contributed by atoms with Crippen molar-refractivity contribution in [2.24, 2.45) is 0 Å². The zero-order valence-corrected chi connectivity index (χ0v) is 15.1. The molecule has 0 saturated carbocycles. The van der Waals surface area contributed by atoms with Gasteiger partial charge in [0.15, 0.2) is 0 Å². The lowest BCUT2D eigenvalue weighted by Crippen LogP contribution is -2.32. The van der Waals surface area contributed by atoms with Crippen LogP contribution in [-0.4, -0.2) is 56.3 Å². The highest BCUT2D eigenvalue weighted by atomic mass is 19.1. The van der Waals surface area contributed by atoms with Crippen molar-refractivity contribution in [2.75, 3.05) is 51.4 Å². The van der Waals surface area contributed by atoms with Gasteiger partial charge in [0.1, 0.15) is 5.82 Å². The second-order valence-electron chi connectivity index (χ2n) is 7.56. The van der Waals surface area contributed by atoms with Gasteiger partial charge < -0.3 is 4.74 Å². The lowest BCUT2D eigenvalue weighted by Gasteiger charge is -2.27. The van der Waals surface area contributed by atoms with Crippen LogP contribution in [0.1, 0.15) is 37.2 Å². The molecule has 2 fully saturated rings. The normalized spacial score (nSPS) is 23.4. The highest BCUT2D eigenvalue weighted by Gasteiger charge is 2.24. The third-order valence-electron chi connectivity index (χ3n) is 5.59. The molecule has 136 valence electrons. The molecule has 1 aromatic rings. The molecular formula is C20H28FN3O. The van der Waals surface area contributed by atoms with Crippen molar-refractivity contribution in [2.45, 2.75) is 31.6 Å². The van der Waals surface area contributed by atoms with E-state index in [2.05, 4.69) is 34.2 Å². The Hall–Kier alpha value is -1.43. The molecular weight excluding hydrogens is 317 g/mol. The average Bonchev–Trinajstić information content (AvgIpc) is 3.25. The molecule has 3 aliphatic rings. The Balaban J connectivity index is 1.53. The number of likely N-dealkylation sites (tertiary alicyclic amines) is 1. The first-order valence-electron chi connectivity index (χ1n) is 9.49. The highest BCUT2D eigenvalue weighted by Crippen LogP contribution is 2.32. The van der Waals surface area contributed by atoms with Crippen molar-refractivity contribution < 1.29 is 9.13 Å². The number of rotatable bonds is 4. The molecule has 0 bridgehead atoms. The molecule has 0 radical (unpaired) electrons. The summed E-state index contributed by atoms with van der Waals surface area (Å²) < 4.78 is 19.7. The van der Waals surface area contributed by atoms with Crippen molar-refractivity contribution in [3.63, 3.8) is 0 Å². The number of halogens is 1. The Morgan fingerprint density at radius 2 is 1.88 bits per heavy atom. The molecule has 0 atom stereocenters. The summed E-state index contributed by atoms with van der Waals surface area (Å²) in [6.45, 7) is 5.91. The van der Waals surface area contributed by atoms with Crippen molar-refractivity contribution in [3.8, 4) is 0 Å². The van der Waals surface area contributed by atoms with Crippen LogP contribution in [0.25, 0.3) is 0 Å². The van der Waals surface area contributed by atoms with Crippen LogP contribution in [0.4, 0.5) is 10.1 Å². The molecule has 5 heteroatoms. The Morgan fingerprint density at radius 1 is 1.12 bits per heavy atom. The Morgan fingerprint density at radius 3 is 2.64 bits per heavy atom. The molecule has 0 aromatic heterocycles. The quantitative estimate of drug-likeness (QED) is 0.833. The van der Waals surface area contributed by atoms with Gasteiger partial charge in [-0.25, -0.2) is 9.40 Å². The van der Waals surface area contributed by atoms with Crippen molar-refractivity contribution in [3.05, 3.63) is 41.4 Å².